The third-order valence-corrected chi connectivity index (χ3v) is 5.15. The Hall–Kier alpha value is -2.97. The summed E-state index contributed by atoms with van der Waals surface area (Å²) in [5, 5.41) is 18.7. The number of pyridine rings is 1. The molecule has 1 heterocycles. The summed E-state index contributed by atoms with van der Waals surface area (Å²) in [4.78, 5) is 24.4. The molecule has 0 fully saturated rings. The Kier molecular flexibility index (Phi) is 6.09. The van der Waals surface area contributed by atoms with Gasteiger partial charge in [0.1, 0.15) is 22.9 Å². The van der Waals surface area contributed by atoms with Crippen LogP contribution in [0.3, 0.4) is 0 Å². The average molecular weight is 438 g/mol. The highest BCUT2D eigenvalue weighted by atomic mass is 35.5. The second-order valence-corrected chi connectivity index (χ2v) is 7.22. The lowest BCUT2D eigenvalue weighted by molar-refractivity contribution is 0.0694. The van der Waals surface area contributed by atoms with Crippen molar-refractivity contribution in [1.82, 2.24) is 4.57 Å². The van der Waals surface area contributed by atoms with E-state index in [4.69, 9.17) is 16.3 Å². The smallest absolute Gasteiger partial charge is 0.341 e. The van der Waals surface area contributed by atoms with Gasteiger partial charge in [-0.05, 0) is 36.8 Å². The monoisotopic (exact) mass is 437 g/mol. The maximum atomic E-state index is 14.3. The van der Waals surface area contributed by atoms with Crippen LogP contribution in [-0.4, -0.2) is 34.5 Å². The van der Waals surface area contributed by atoms with E-state index in [9.17, 15) is 28.6 Å². The zero-order chi connectivity index (χ0) is 22.2. The van der Waals surface area contributed by atoms with Gasteiger partial charge in [-0.2, -0.15) is 0 Å². The first-order chi connectivity index (χ1) is 14.2. The molecule has 1 aromatic heterocycles. The van der Waals surface area contributed by atoms with Gasteiger partial charge < -0.3 is 19.5 Å². The van der Waals surface area contributed by atoms with Crippen LogP contribution in [0.2, 0.25) is 5.02 Å². The van der Waals surface area contributed by atoms with Gasteiger partial charge >= 0.3 is 5.97 Å². The third-order valence-electron chi connectivity index (χ3n) is 4.86. The minimum Gasteiger partial charge on any atom is -0.495 e. The number of hydrogen-bond donors (Lipinski definition) is 2. The summed E-state index contributed by atoms with van der Waals surface area (Å²) < 4.78 is 35.3. The van der Waals surface area contributed by atoms with Gasteiger partial charge in [-0.15, -0.1) is 0 Å². The number of aliphatic hydroxyl groups excluding tert-OH is 1. The van der Waals surface area contributed by atoms with Crippen LogP contribution in [0.4, 0.5) is 8.78 Å². The Bertz CT molecular complexity index is 1210. The first-order valence-electron chi connectivity index (χ1n) is 8.91. The molecule has 3 aromatic rings. The summed E-state index contributed by atoms with van der Waals surface area (Å²) in [6.07, 6.45) is 0.906. The summed E-state index contributed by atoms with van der Waals surface area (Å²) in [6.45, 7) is 1.32. The summed E-state index contributed by atoms with van der Waals surface area (Å²) in [5.74, 6) is -2.96. The number of ether oxygens (including phenoxy) is 1. The number of carboxylic acid groups (broad SMARTS) is 1. The van der Waals surface area contributed by atoms with Crippen molar-refractivity contribution in [2.75, 3.05) is 13.7 Å². The van der Waals surface area contributed by atoms with Gasteiger partial charge in [0.15, 0.2) is 0 Å². The number of benzene rings is 2. The Morgan fingerprint density at radius 1 is 1.30 bits per heavy atom. The number of rotatable bonds is 6. The molecule has 0 radical (unpaired) electrons. The fourth-order valence-corrected chi connectivity index (χ4v) is 3.47. The van der Waals surface area contributed by atoms with E-state index in [0.29, 0.717) is 5.56 Å². The van der Waals surface area contributed by atoms with Crippen LogP contribution < -0.4 is 10.2 Å². The van der Waals surface area contributed by atoms with Crippen molar-refractivity contribution in [1.29, 1.82) is 0 Å². The SMILES string of the molecule is COc1cc(Cc2c(F)ccc(Cl)c2F)cc2c(=O)c(C(=O)O)cn([C@@H](C)CO)c12. The quantitative estimate of drug-likeness (QED) is 0.573. The normalized spacial score (nSPS) is 12.2. The van der Waals surface area contributed by atoms with Crippen molar-refractivity contribution >= 4 is 28.5 Å². The second-order valence-electron chi connectivity index (χ2n) is 6.81. The number of aromatic nitrogens is 1. The van der Waals surface area contributed by atoms with Gasteiger partial charge in [0.05, 0.1) is 35.7 Å². The van der Waals surface area contributed by atoms with Crippen molar-refractivity contribution in [3.05, 3.63) is 74.0 Å². The molecule has 0 saturated heterocycles. The van der Waals surface area contributed by atoms with E-state index in [2.05, 4.69) is 0 Å². The minimum absolute atomic E-state index is 0.00704. The van der Waals surface area contributed by atoms with Crippen molar-refractivity contribution in [3.63, 3.8) is 0 Å². The zero-order valence-electron chi connectivity index (χ0n) is 16.1. The molecule has 0 amide bonds. The van der Waals surface area contributed by atoms with Gasteiger partial charge in [-0.1, -0.05) is 11.6 Å². The van der Waals surface area contributed by atoms with Gasteiger partial charge in [-0.25, -0.2) is 13.6 Å². The van der Waals surface area contributed by atoms with E-state index < -0.39 is 34.6 Å². The van der Waals surface area contributed by atoms with E-state index in [1.165, 1.54) is 23.8 Å². The number of methoxy groups -OCH3 is 1. The van der Waals surface area contributed by atoms with E-state index >= 15 is 0 Å². The topological polar surface area (TPSA) is 88.8 Å². The van der Waals surface area contributed by atoms with Crippen LogP contribution >= 0.6 is 11.6 Å². The molecule has 6 nitrogen and oxygen atoms in total. The molecule has 1 atom stereocenters. The van der Waals surface area contributed by atoms with Crippen LogP contribution in [0.15, 0.2) is 35.3 Å². The molecule has 0 aliphatic rings. The second kappa shape index (κ2) is 8.41. The molecule has 2 aromatic carbocycles. The highest BCUT2D eigenvalue weighted by molar-refractivity contribution is 6.30. The van der Waals surface area contributed by atoms with E-state index in [0.717, 1.165) is 18.3 Å². The maximum absolute atomic E-state index is 14.3. The number of fused-ring (bicyclic) bond motifs is 1. The highest BCUT2D eigenvalue weighted by Gasteiger charge is 2.21. The lowest BCUT2D eigenvalue weighted by Crippen LogP contribution is -2.22. The number of nitrogens with zero attached hydrogens (tertiary/aromatic N) is 1. The Balaban J connectivity index is 2.33. The summed E-state index contributed by atoms with van der Waals surface area (Å²) >= 11 is 5.75. The average Bonchev–Trinajstić information content (AvgIpc) is 2.73. The predicted molar refractivity (Wildman–Crippen MR) is 108 cm³/mol. The lowest BCUT2D eigenvalue weighted by atomic mass is 10.00. The van der Waals surface area contributed by atoms with E-state index in [1.807, 2.05) is 0 Å². The number of carboxylic acids is 1. The van der Waals surface area contributed by atoms with Crippen molar-refractivity contribution in [2.24, 2.45) is 0 Å². The fourth-order valence-electron chi connectivity index (χ4n) is 3.29. The molecule has 0 aliphatic heterocycles. The molecule has 0 bridgehead atoms. The van der Waals surface area contributed by atoms with E-state index in [1.54, 1.807) is 6.92 Å². The largest absolute Gasteiger partial charge is 0.495 e. The number of hydrogen-bond acceptors (Lipinski definition) is 4. The van der Waals surface area contributed by atoms with Crippen molar-refractivity contribution in [3.8, 4) is 5.75 Å². The minimum atomic E-state index is -1.43. The first kappa shape index (κ1) is 21.7. The number of halogens is 3. The number of carbonyl (C=O) groups is 1. The molecule has 0 saturated carbocycles. The molecule has 9 heteroatoms. The van der Waals surface area contributed by atoms with Crippen molar-refractivity contribution in [2.45, 2.75) is 19.4 Å². The predicted octanol–water partition coefficient (Wildman–Crippen LogP) is 3.78. The lowest BCUT2D eigenvalue weighted by Gasteiger charge is -2.20. The third kappa shape index (κ3) is 3.76. The molecule has 0 unspecified atom stereocenters. The maximum Gasteiger partial charge on any atom is 0.341 e. The van der Waals surface area contributed by atoms with Gasteiger partial charge in [0.2, 0.25) is 5.43 Å². The Morgan fingerprint density at radius 3 is 2.60 bits per heavy atom. The van der Waals surface area contributed by atoms with Gasteiger partial charge in [-0.3, -0.25) is 4.79 Å². The summed E-state index contributed by atoms with van der Waals surface area (Å²) in [7, 11) is 1.35. The molecule has 3 rings (SSSR count). The molecule has 30 heavy (non-hydrogen) atoms. The van der Waals surface area contributed by atoms with Crippen LogP contribution in [0.25, 0.3) is 10.9 Å². The molecule has 2 N–H and O–H groups in total. The molecular formula is C21H18ClF2NO5. The summed E-state index contributed by atoms with van der Waals surface area (Å²) in [6, 6.07) is 4.45. The fraction of sp³-hybridized carbons (Fsp3) is 0.238. The molecule has 0 aliphatic carbocycles. The van der Waals surface area contributed by atoms with E-state index in [-0.39, 0.29) is 40.3 Å². The highest BCUT2D eigenvalue weighted by Crippen LogP contribution is 2.31. The standard InChI is InChI=1S/C21H18ClF2NO5/c1-10(9-26)25-8-14(21(28)29)20(27)13-6-11(7-17(30-2)19(13)25)5-12-16(23)4-3-15(22)18(12)24/h3-4,6-8,10,26H,5,9H2,1-2H3,(H,28,29)/t10-/m0/s1. The first-order valence-corrected chi connectivity index (χ1v) is 9.29. The van der Waals surface area contributed by atoms with Crippen molar-refractivity contribution < 1.29 is 28.5 Å². The van der Waals surface area contributed by atoms with Gasteiger partial charge in [0.25, 0.3) is 0 Å². The Labute approximate surface area is 174 Å². The van der Waals surface area contributed by atoms with Crippen LogP contribution in [-0.2, 0) is 6.42 Å². The van der Waals surface area contributed by atoms with Crippen LogP contribution in [0, 0.1) is 11.6 Å². The molecule has 0 spiro atoms. The zero-order valence-corrected chi connectivity index (χ0v) is 16.8. The Morgan fingerprint density at radius 2 is 2.00 bits per heavy atom. The number of aliphatic hydroxyl groups is 1. The van der Waals surface area contributed by atoms with Crippen LogP contribution in [0.5, 0.6) is 5.75 Å². The molecule has 158 valence electrons. The molecular weight excluding hydrogens is 420 g/mol. The van der Waals surface area contributed by atoms with Crippen LogP contribution in [0.1, 0.15) is 34.5 Å². The van der Waals surface area contributed by atoms with Gasteiger partial charge in [0, 0.05) is 18.2 Å². The summed E-state index contributed by atoms with van der Waals surface area (Å²) in [5.41, 5.74) is -0.970. The number of aromatic carboxylic acids is 1.